The molecule has 0 saturated carbocycles. The SMILES string of the molecule is O=C(COc1ccc(Cl)cc1Cl)c1ccc(N2CCCC2=O)cc1. The second-order valence-electron chi connectivity index (χ2n) is 5.48. The standard InChI is InChI=1S/C18H15Cl2NO3/c19-13-5-8-17(15(20)10-13)24-11-16(22)12-3-6-14(7-4-12)21-9-1-2-18(21)23/h3-8,10H,1-2,9,11H2. The van der Waals surface area contributed by atoms with Crippen LogP contribution in [0.1, 0.15) is 23.2 Å². The van der Waals surface area contributed by atoms with Crippen LogP contribution in [0.5, 0.6) is 5.75 Å². The van der Waals surface area contributed by atoms with E-state index in [1.54, 1.807) is 47.4 Å². The molecule has 1 heterocycles. The van der Waals surface area contributed by atoms with Gasteiger partial charge in [-0.15, -0.1) is 0 Å². The lowest BCUT2D eigenvalue weighted by Gasteiger charge is -2.15. The van der Waals surface area contributed by atoms with E-state index in [-0.39, 0.29) is 18.3 Å². The Balaban J connectivity index is 1.63. The quantitative estimate of drug-likeness (QED) is 0.740. The predicted molar refractivity (Wildman–Crippen MR) is 94.3 cm³/mol. The summed E-state index contributed by atoms with van der Waals surface area (Å²) in [6.45, 7) is 0.605. The van der Waals surface area contributed by atoms with Crippen LogP contribution in [-0.4, -0.2) is 24.8 Å². The minimum absolute atomic E-state index is 0.120. The molecule has 2 aromatic carbocycles. The van der Waals surface area contributed by atoms with Gasteiger partial charge in [0, 0.05) is 29.2 Å². The van der Waals surface area contributed by atoms with E-state index in [1.165, 1.54) is 0 Å². The molecule has 0 radical (unpaired) electrons. The molecule has 0 unspecified atom stereocenters. The Morgan fingerprint density at radius 2 is 1.88 bits per heavy atom. The summed E-state index contributed by atoms with van der Waals surface area (Å²) in [5, 5.41) is 0.865. The van der Waals surface area contributed by atoms with Crippen molar-refractivity contribution in [3.63, 3.8) is 0 Å². The van der Waals surface area contributed by atoms with Gasteiger partial charge in [0.05, 0.1) is 5.02 Å². The molecular weight excluding hydrogens is 349 g/mol. The predicted octanol–water partition coefficient (Wildman–Crippen LogP) is 4.38. The van der Waals surface area contributed by atoms with Crippen LogP contribution < -0.4 is 9.64 Å². The highest BCUT2D eigenvalue weighted by atomic mass is 35.5. The largest absolute Gasteiger partial charge is 0.484 e. The number of ether oxygens (including phenoxy) is 1. The van der Waals surface area contributed by atoms with Crippen molar-refractivity contribution in [3.05, 3.63) is 58.1 Å². The molecule has 0 aliphatic carbocycles. The summed E-state index contributed by atoms with van der Waals surface area (Å²) >= 11 is 11.8. The highest BCUT2D eigenvalue weighted by Crippen LogP contribution is 2.27. The molecule has 0 spiro atoms. The van der Waals surface area contributed by atoms with Gasteiger partial charge in [-0.25, -0.2) is 0 Å². The van der Waals surface area contributed by atoms with Crippen molar-refractivity contribution in [3.8, 4) is 5.75 Å². The highest BCUT2D eigenvalue weighted by Gasteiger charge is 2.21. The summed E-state index contributed by atoms with van der Waals surface area (Å²) in [7, 11) is 0. The average molecular weight is 364 g/mol. The molecule has 2 aromatic rings. The summed E-state index contributed by atoms with van der Waals surface area (Å²) in [6, 6.07) is 11.8. The molecule has 1 aliphatic rings. The van der Waals surface area contributed by atoms with E-state index in [2.05, 4.69) is 0 Å². The lowest BCUT2D eigenvalue weighted by Crippen LogP contribution is -2.23. The molecule has 0 bridgehead atoms. The topological polar surface area (TPSA) is 46.6 Å². The monoisotopic (exact) mass is 363 g/mol. The van der Waals surface area contributed by atoms with E-state index in [0.29, 0.717) is 27.8 Å². The number of carbonyl (C=O) groups is 2. The smallest absolute Gasteiger partial charge is 0.227 e. The Morgan fingerprint density at radius 3 is 2.50 bits per heavy atom. The second-order valence-corrected chi connectivity index (χ2v) is 6.33. The zero-order chi connectivity index (χ0) is 17.1. The van der Waals surface area contributed by atoms with Gasteiger partial charge in [-0.1, -0.05) is 23.2 Å². The van der Waals surface area contributed by atoms with E-state index in [4.69, 9.17) is 27.9 Å². The maximum atomic E-state index is 12.2. The van der Waals surface area contributed by atoms with E-state index < -0.39 is 0 Å². The van der Waals surface area contributed by atoms with Crippen LogP contribution >= 0.6 is 23.2 Å². The molecule has 3 rings (SSSR count). The van der Waals surface area contributed by atoms with Gasteiger partial charge in [-0.05, 0) is 48.9 Å². The molecule has 6 heteroatoms. The van der Waals surface area contributed by atoms with Crippen LogP contribution in [0.25, 0.3) is 0 Å². The van der Waals surface area contributed by atoms with Gasteiger partial charge < -0.3 is 9.64 Å². The number of amides is 1. The van der Waals surface area contributed by atoms with Crippen molar-refractivity contribution < 1.29 is 14.3 Å². The van der Waals surface area contributed by atoms with Gasteiger partial charge in [0.2, 0.25) is 5.91 Å². The highest BCUT2D eigenvalue weighted by molar-refractivity contribution is 6.35. The summed E-state index contributed by atoms with van der Waals surface area (Å²) in [6.07, 6.45) is 1.45. The number of halogens is 2. The number of benzene rings is 2. The molecule has 4 nitrogen and oxygen atoms in total. The Labute approximate surface area is 149 Å². The van der Waals surface area contributed by atoms with Gasteiger partial charge in [-0.3, -0.25) is 9.59 Å². The summed E-state index contributed by atoms with van der Waals surface area (Å²) in [4.78, 5) is 25.7. The zero-order valence-corrected chi connectivity index (χ0v) is 14.3. The molecule has 1 aliphatic heterocycles. The first-order valence-electron chi connectivity index (χ1n) is 7.56. The van der Waals surface area contributed by atoms with Crippen molar-refractivity contribution in [1.82, 2.24) is 0 Å². The van der Waals surface area contributed by atoms with Crippen molar-refractivity contribution in [2.45, 2.75) is 12.8 Å². The molecule has 124 valence electrons. The molecular formula is C18H15Cl2NO3. The summed E-state index contributed by atoms with van der Waals surface area (Å²) < 4.78 is 5.45. The minimum atomic E-state index is -0.166. The lowest BCUT2D eigenvalue weighted by molar-refractivity contribution is -0.117. The van der Waals surface area contributed by atoms with Crippen molar-refractivity contribution in [2.24, 2.45) is 0 Å². The van der Waals surface area contributed by atoms with Gasteiger partial charge in [0.25, 0.3) is 0 Å². The normalized spacial score (nSPS) is 14.1. The van der Waals surface area contributed by atoms with Gasteiger partial charge in [0.15, 0.2) is 12.4 Å². The fourth-order valence-corrected chi connectivity index (χ4v) is 3.03. The van der Waals surface area contributed by atoms with Crippen LogP contribution in [0.15, 0.2) is 42.5 Å². The molecule has 24 heavy (non-hydrogen) atoms. The number of rotatable bonds is 5. The number of ketones is 1. The van der Waals surface area contributed by atoms with Gasteiger partial charge in [-0.2, -0.15) is 0 Å². The molecule has 0 atom stereocenters. The summed E-state index contributed by atoms with van der Waals surface area (Å²) in [5.74, 6) is 0.365. The molecule has 0 aromatic heterocycles. The number of carbonyl (C=O) groups excluding carboxylic acids is 2. The third-order valence-electron chi connectivity index (χ3n) is 3.83. The number of Topliss-reactive ketones (excluding diaryl/α,β-unsaturated/α-hetero) is 1. The van der Waals surface area contributed by atoms with E-state index in [9.17, 15) is 9.59 Å². The van der Waals surface area contributed by atoms with Crippen LogP contribution in [0, 0.1) is 0 Å². The Bertz CT molecular complexity index is 774. The van der Waals surface area contributed by atoms with Crippen LogP contribution in [0.3, 0.4) is 0 Å². The molecule has 1 fully saturated rings. The van der Waals surface area contributed by atoms with Crippen LogP contribution in [0.2, 0.25) is 10.0 Å². The molecule has 1 amide bonds. The fourth-order valence-electron chi connectivity index (χ4n) is 2.57. The third kappa shape index (κ3) is 3.71. The summed E-state index contributed by atoms with van der Waals surface area (Å²) in [5.41, 5.74) is 1.34. The average Bonchev–Trinajstić information content (AvgIpc) is 3.00. The lowest BCUT2D eigenvalue weighted by atomic mass is 10.1. The number of anilines is 1. The molecule has 1 saturated heterocycles. The fraction of sp³-hybridized carbons (Fsp3) is 0.222. The maximum Gasteiger partial charge on any atom is 0.227 e. The maximum absolute atomic E-state index is 12.2. The number of hydrogen-bond acceptors (Lipinski definition) is 3. The van der Waals surface area contributed by atoms with E-state index >= 15 is 0 Å². The van der Waals surface area contributed by atoms with Gasteiger partial charge in [0.1, 0.15) is 5.75 Å². The number of hydrogen-bond donors (Lipinski definition) is 0. The third-order valence-corrected chi connectivity index (χ3v) is 4.36. The van der Waals surface area contributed by atoms with Crippen LogP contribution in [-0.2, 0) is 4.79 Å². The Morgan fingerprint density at radius 1 is 1.12 bits per heavy atom. The van der Waals surface area contributed by atoms with Crippen molar-refractivity contribution in [2.75, 3.05) is 18.1 Å². The van der Waals surface area contributed by atoms with Gasteiger partial charge >= 0.3 is 0 Å². The van der Waals surface area contributed by atoms with Crippen LogP contribution in [0.4, 0.5) is 5.69 Å². The Kier molecular flexibility index (Phi) is 5.07. The van der Waals surface area contributed by atoms with E-state index in [1.807, 2.05) is 0 Å². The van der Waals surface area contributed by atoms with Crippen molar-refractivity contribution >= 4 is 40.6 Å². The van der Waals surface area contributed by atoms with Crippen molar-refractivity contribution in [1.29, 1.82) is 0 Å². The zero-order valence-electron chi connectivity index (χ0n) is 12.8. The number of nitrogens with zero attached hydrogens (tertiary/aromatic N) is 1. The Hall–Kier alpha value is -2.04. The first kappa shape index (κ1) is 16.8. The van der Waals surface area contributed by atoms with E-state index in [0.717, 1.165) is 18.7 Å². The first-order valence-corrected chi connectivity index (χ1v) is 8.31. The minimum Gasteiger partial charge on any atom is -0.484 e. The molecule has 0 N–H and O–H groups in total. The second kappa shape index (κ2) is 7.24. The first-order chi connectivity index (χ1) is 11.5.